The van der Waals surface area contributed by atoms with Crippen LogP contribution in [0, 0.1) is 5.82 Å². The van der Waals surface area contributed by atoms with Gasteiger partial charge >= 0.3 is 0 Å². The van der Waals surface area contributed by atoms with Gasteiger partial charge in [0.05, 0.1) is 0 Å². The van der Waals surface area contributed by atoms with Gasteiger partial charge in [0.2, 0.25) is 5.91 Å². The number of carbonyl (C=O) groups excluding carboxylic acids is 2. The van der Waals surface area contributed by atoms with E-state index >= 15 is 0 Å². The zero-order valence-electron chi connectivity index (χ0n) is 14.8. The minimum Gasteiger partial charge on any atom is -0.325 e. The molecule has 1 saturated carbocycles. The van der Waals surface area contributed by atoms with Crippen molar-refractivity contribution in [1.29, 1.82) is 0 Å². The third-order valence-corrected chi connectivity index (χ3v) is 5.15. The van der Waals surface area contributed by atoms with Gasteiger partial charge in [0.15, 0.2) is 0 Å². The first kappa shape index (κ1) is 17.4. The van der Waals surface area contributed by atoms with Crippen LogP contribution in [0.1, 0.15) is 31.2 Å². The Morgan fingerprint density at radius 3 is 2.41 bits per heavy atom. The molecule has 0 aromatic heterocycles. The maximum Gasteiger partial charge on any atom is 0.275 e. The number of para-hydroxylation sites is 1. The van der Waals surface area contributed by atoms with Crippen LogP contribution < -0.4 is 5.32 Å². The Hall–Kier alpha value is -3.02. The topological polar surface area (TPSA) is 61.8 Å². The maximum atomic E-state index is 13.2. The fourth-order valence-electron chi connectivity index (χ4n) is 3.84. The van der Waals surface area contributed by atoms with Crippen LogP contribution in [0.15, 0.2) is 59.6 Å². The first-order valence-electron chi connectivity index (χ1n) is 9.10. The third kappa shape index (κ3) is 3.35. The van der Waals surface area contributed by atoms with Gasteiger partial charge < -0.3 is 10.2 Å². The Morgan fingerprint density at radius 1 is 1.07 bits per heavy atom. The number of hydrogen-bond donors (Lipinski definition) is 1. The van der Waals surface area contributed by atoms with Gasteiger partial charge in [-0.1, -0.05) is 18.2 Å². The molecule has 1 fully saturated rings. The Labute approximate surface area is 156 Å². The standard InChI is InChI=1S/C21H20FN3O2/c22-16-10-8-15(9-11-16)19-20(27)25(21(24-19)12-4-5-13-21)14-18(26)23-17-6-2-1-3-7-17/h1-3,6-11H,4-5,12-14H2,(H,23,26). The van der Waals surface area contributed by atoms with Crippen LogP contribution in [0.25, 0.3) is 0 Å². The largest absolute Gasteiger partial charge is 0.325 e. The minimum absolute atomic E-state index is 0.0536. The molecule has 0 saturated heterocycles. The number of halogens is 1. The molecule has 0 unspecified atom stereocenters. The average molecular weight is 365 g/mol. The fraction of sp³-hybridized carbons (Fsp3) is 0.286. The maximum absolute atomic E-state index is 13.2. The van der Waals surface area contributed by atoms with Crippen molar-refractivity contribution in [2.45, 2.75) is 31.3 Å². The van der Waals surface area contributed by atoms with Crippen molar-refractivity contribution in [2.75, 3.05) is 11.9 Å². The number of rotatable bonds is 4. The Bertz CT molecular complexity index is 887. The molecule has 138 valence electrons. The smallest absolute Gasteiger partial charge is 0.275 e. The Morgan fingerprint density at radius 2 is 1.74 bits per heavy atom. The highest BCUT2D eigenvalue weighted by Gasteiger charge is 2.49. The normalized spacial score (nSPS) is 18.0. The van der Waals surface area contributed by atoms with Crippen LogP contribution >= 0.6 is 0 Å². The monoisotopic (exact) mass is 365 g/mol. The van der Waals surface area contributed by atoms with E-state index in [-0.39, 0.29) is 24.2 Å². The summed E-state index contributed by atoms with van der Waals surface area (Å²) in [5, 5.41) is 2.82. The van der Waals surface area contributed by atoms with Gasteiger partial charge in [-0.3, -0.25) is 14.6 Å². The van der Waals surface area contributed by atoms with Crippen molar-refractivity contribution >= 4 is 23.2 Å². The molecule has 0 radical (unpaired) electrons. The first-order valence-corrected chi connectivity index (χ1v) is 9.10. The molecule has 1 aliphatic carbocycles. The number of nitrogens with one attached hydrogen (secondary N) is 1. The fourth-order valence-corrected chi connectivity index (χ4v) is 3.84. The molecular weight excluding hydrogens is 345 g/mol. The van der Waals surface area contributed by atoms with Crippen molar-refractivity contribution in [2.24, 2.45) is 4.99 Å². The number of hydrogen-bond acceptors (Lipinski definition) is 3. The molecule has 4 rings (SSSR count). The molecule has 2 aliphatic rings. The highest BCUT2D eigenvalue weighted by atomic mass is 19.1. The van der Waals surface area contributed by atoms with Crippen LogP contribution in [-0.4, -0.2) is 34.6 Å². The highest BCUT2D eigenvalue weighted by Crippen LogP contribution is 2.40. The van der Waals surface area contributed by atoms with Gasteiger partial charge in [0.1, 0.15) is 23.7 Å². The van der Waals surface area contributed by atoms with E-state index in [0.717, 1.165) is 25.7 Å². The number of carbonyl (C=O) groups is 2. The summed E-state index contributed by atoms with van der Waals surface area (Å²) in [6.45, 7) is -0.0536. The summed E-state index contributed by atoms with van der Waals surface area (Å²) < 4.78 is 13.2. The lowest BCUT2D eigenvalue weighted by Gasteiger charge is -2.32. The zero-order valence-corrected chi connectivity index (χ0v) is 14.8. The number of amides is 2. The van der Waals surface area contributed by atoms with Gasteiger partial charge in [0, 0.05) is 11.3 Å². The second-order valence-electron chi connectivity index (χ2n) is 6.96. The van der Waals surface area contributed by atoms with Crippen molar-refractivity contribution in [3.8, 4) is 0 Å². The Kier molecular flexibility index (Phi) is 4.48. The summed E-state index contributed by atoms with van der Waals surface area (Å²) in [5.74, 6) is -0.887. The molecule has 1 aliphatic heterocycles. The van der Waals surface area contributed by atoms with Gasteiger partial charge in [0.25, 0.3) is 5.91 Å². The summed E-state index contributed by atoms with van der Waals surface area (Å²) in [6.07, 6.45) is 3.40. The van der Waals surface area contributed by atoms with Gasteiger partial charge in [-0.2, -0.15) is 0 Å². The van der Waals surface area contributed by atoms with Crippen LogP contribution in [0.2, 0.25) is 0 Å². The summed E-state index contributed by atoms with van der Waals surface area (Å²) in [6, 6.07) is 14.9. The number of nitrogens with zero attached hydrogens (tertiary/aromatic N) is 2. The molecule has 0 bridgehead atoms. The summed E-state index contributed by atoms with van der Waals surface area (Å²) in [7, 11) is 0. The van der Waals surface area contributed by atoms with Crippen molar-refractivity contribution in [1.82, 2.24) is 4.90 Å². The average Bonchev–Trinajstić information content (AvgIpc) is 3.24. The molecule has 0 atom stereocenters. The molecular formula is C21H20FN3O2. The van der Waals surface area contributed by atoms with Crippen LogP contribution in [0.3, 0.4) is 0 Å². The minimum atomic E-state index is -0.658. The molecule has 2 aromatic carbocycles. The second-order valence-corrected chi connectivity index (χ2v) is 6.96. The van der Waals surface area contributed by atoms with Crippen LogP contribution in [-0.2, 0) is 9.59 Å². The lowest BCUT2D eigenvalue weighted by Crippen LogP contribution is -2.48. The lowest BCUT2D eigenvalue weighted by molar-refractivity contribution is -0.132. The van der Waals surface area contributed by atoms with Crippen LogP contribution in [0.5, 0.6) is 0 Å². The predicted molar refractivity (Wildman–Crippen MR) is 101 cm³/mol. The number of benzene rings is 2. The molecule has 2 aromatic rings. The third-order valence-electron chi connectivity index (χ3n) is 5.15. The van der Waals surface area contributed by atoms with Crippen LogP contribution in [0.4, 0.5) is 10.1 Å². The number of aliphatic imine (C=N–C) groups is 1. The van der Waals surface area contributed by atoms with E-state index in [0.29, 0.717) is 17.0 Å². The lowest BCUT2D eigenvalue weighted by atomic mass is 10.1. The van der Waals surface area contributed by atoms with Crippen molar-refractivity contribution < 1.29 is 14.0 Å². The van der Waals surface area contributed by atoms with E-state index in [1.807, 2.05) is 18.2 Å². The quantitative estimate of drug-likeness (QED) is 0.903. The Balaban J connectivity index is 1.57. The number of anilines is 1. The SMILES string of the molecule is O=C(CN1C(=O)C(c2ccc(F)cc2)=NC12CCCC2)Nc1ccccc1. The van der Waals surface area contributed by atoms with Crippen molar-refractivity contribution in [3.63, 3.8) is 0 Å². The first-order chi connectivity index (χ1) is 13.1. The molecule has 5 nitrogen and oxygen atoms in total. The van der Waals surface area contributed by atoms with Crippen molar-refractivity contribution in [3.05, 3.63) is 66.0 Å². The molecule has 27 heavy (non-hydrogen) atoms. The van der Waals surface area contributed by atoms with Gasteiger partial charge in [-0.25, -0.2) is 4.39 Å². The summed E-state index contributed by atoms with van der Waals surface area (Å²) in [4.78, 5) is 31.9. The summed E-state index contributed by atoms with van der Waals surface area (Å²) >= 11 is 0. The molecule has 1 spiro atoms. The van der Waals surface area contributed by atoms with E-state index in [2.05, 4.69) is 5.32 Å². The molecule has 6 heteroatoms. The molecule has 1 N–H and O–H groups in total. The molecule has 1 heterocycles. The zero-order chi connectivity index (χ0) is 18.9. The van der Waals surface area contributed by atoms with Gasteiger partial charge in [-0.05, 0) is 62.1 Å². The van der Waals surface area contributed by atoms with Gasteiger partial charge in [-0.15, -0.1) is 0 Å². The summed E-state index contributed by atoms with van der Waals surface area (Å²) in [5.41, 5.74) is 0.923. The van der Waals surface area contributed by atoms with E-state index in [1.165, 1.54) is 12.1 Å². The van der Waals surface area contributed by atoms with E-state index < -0.39 is 5.66 Å². The molecule has 2 amide bonds. The highest BCUT2D eigenvalue weighted by molar-refractivity contribution is 6.47. The van der Waals surface area contributed by atoms with E-state index in [1.54, 1.807) is 29.2 Å². The van der Waals surface area contributed by atoms with E-state index in [4.69, 9.17) is 4.99 Å². The van der Waals surface area contributed by atoms with E-state index in [9.17, 15) is 14.0 Å². The second kappa shape index (κ2) is 6.95. The predicted octanol–water partition coefficient (Wildman–Crippen LogP) is 3.37.